The van der Waals surface area contributed by atoms with Crippen LogP contribution in [0.4, 0.5) is 0 Å². The maximum atomic E-state index is 5.51. The van der Waals surface area contributed by atoms with Crippen molar-refractivity contribution in [3.63, 3.8) is 0 Å². The molecule has 2 rings (SSSR count). The number of hydrogen-bond donors (Lipinski definition) is 0. The zero-order chi connectivity index (χ0) is 13.1. The molecular formula is C14H16N2OS. The Morgan fingerprint density at radius 2 is 1.83 bits per heavy atom. The van der Waals surface area contributed by atoms with Gasteiger partial charge in [0.25, 0.3) is 0 Å². The lowest BCUT2D eigenvalue weighted by Gasteiger charge is -2.11. The van der Waals surface area contributed by atoms with Crippen molar-refractivity contribution in [2.45, 2.75) is 26.9 Å². The first kappa shape index (κ1) is 12.8. The number of ether oxygens (including phenoxy) is 1. The lowest BCUT2D eigenvalue weighted by Crippen LogP contribution is -2.08. The Morgan fingerprint density at radius 3 is 2.39 bits per heavy atom. The summed E-state index contributed by atoms with van der Waals surface area (Å²) in [6.07, 6.45) is 1.99. The van der Waals surface area contributed by atoms with Gasteiger partial charge in [-0.1, -0.05) is 17.7 Å². The van der Waals surface area contributed by atoms with Crippen LogP contribution in [0.25, 0.3) is 5.69 Å². The number of rotatable bonds is 3. The van der Waals surface area contributed by atoms with Crippen LogP contribution in [0.15, 0.2) is 36.5 Å². The van der Waals surface area contributed by atoms with Crippen LogP contribution < -0.4 is 4.74 Å². The maximum absolute atomic E-state index is 5.51. The highest BCUT2D eigenvalue weighted by Gasteiger charge is 2.02. The van der Waals surface area contributed by atoms with Crippen LogP contribution in [0.1, 0.15) is 19.4 Å². The minimum Gasteiger partial charge on any atom is -0.475 e. The predicted molar refractivity (Wildman–Crippen MR) is 74.9 cm³/mol. The van der Waals surface area contributed by atoms with Gasteiger partial charge in [0, 0.05) is 18.0 Å². The van der Waals surface area contributed by atoms with Crippen molar-refractivity contribution in [1.82, 2.24) is 9.55 Å². The summed E-state index contributed by atoms with van der Waals surface area (Å²) in [5, 5.41) is 0. The minimum atomic E-state index is 0.0992. The molecule has 0 aliphatic heterocycles. The predicted octanol–water partition coefficient (Wildman–Crippen LogP) is 3.70. The van der Waals surface area contributed by atoms with Crippen molar-refractivity contribution in [2.24, 2.45) is 0 Å². The van der Waals surface area contributed by atoms with E-state index >= 15 is 0 Å². The molecule has 0 fully saturated rings. The van der Waals surface area contributed by atoms with Gasteiger partial charge in [-0.2, -0.15) is 4.98 Å². The third-order valence-corrected chi connectivity index (χ3v) is 2.73. The van der Waals surface area contributed by atoms with Crippen LogP contribution in [0, 0.1) is 11.7 Å². The van der Waals surface area contributed by atoms with Gasteiger partial charge < -0.3 is 4.74 Å². The summed E-state index contributed by atoms with van der Waals surface area (Å²) in [5.74, 6) is 0.568. The SMILES string of the molecule is Cc1ccc(-n2ccc(OC(C)C)nc2=S)cc1. The molecule has 0 atom stereocenters. The molecule has 1 aromatic carbocycles. The van der Waals surface area contributed by atoms with E-state index in [4.69, 9.17) is 17.0 Å². The number of hydrogen-bond acceptors (Lipinski definition) is 3. The Balaban J connectivity index is 2.35. The van der Waals surface area contributed by atoms with Crippen molar-refractivity contribution in [3.8, 4) is 11.6 Å². The fraction of sp³-hybridized carbons (Fsp3) is 0.286. The quantitative estimate of drug-likeness (QED) is 0.787. The number of benzene rings is 1. The molecule has 0 aliphatic rings. The fourth-order valence-electron chi connectivity index (χ4n) is 1.60. The van der Waals surface area contributed by atoms with Gasteiger partial charge >= 0.3 is 0 Å². The van der Waals surface area contributed by atoms with Gasteiger partial charge in [0.15, 0.2) is 0 Å². The molecule has 0 saturated carbocycles. The van der Waals surface area contributed by atoms with Crippen LogP contribution in [-0.4, -0.2) is 15.7 Å². The Labute approximate surface area is 112 Å². The van der Waals surface area contributed by atoms with Gasteiger partial charge in [0.05, 0.1) is 6.10 Å². The Morgan fingerprint density at radius 1 is 1.17 bits per heavy atom. The largest absolute Gasteiger partial charge is 0.475 e. The zero-order valence-corrected chi connectivity index (χ0v) is 11.6. The lowest BCUT2D eigenvalue weighted by atomic mass is 10.2. The van der Waals surface area contributed by atoms with E-state index in [0.717, 1.165) is 5.69 Å². The smallest absolute Gasteiger partial charge is 0.217 e. The molecule has 0 unspecified atom stereocenters. The maximum Gasteiger partial charge on any atom is 0.217 e. The monoisotopic (exact) mass is 260 g/mol. The minimum absolute atomic E-state index is 0.0992. The normalized spacial score (nSPS) is 10.7. The lowest BCUT2D eigenvalue weighted by molar-refractivity contribution is 0.231. The highest BCUT2D eigenvalue weighted by Crippen LogP contribution is 2.13. The second kappa shape index (κ2) is 5.31. The molecule has 4 heteroatoms. The third kappa shape index (κ3) is 2.96. The van der Waals surface area contributed by atoms with E-state index < -0.39 is 0 Å². The van der Waals surface area contributed by atoms with Gasteiger partial charge in [0.1, 0.15) is 0 Å². The molecule has 94 valence electrons. The molecule has 0 N–H and O–H groups in total. The van der Waals surface area contributed by atoms with Crippen molar-refractivity contribution >= 4 is 12.2 Å². The molecule has 0 saturated heterocycles. The third-order valence-electron chi connectivity index (χ3n) is 2.45. The molecule has 1 heterocycles. The van der Waals surface area contributed by atoms with Crippen LogP contribution in [-0.2, 0) is 0 Å². The highest BCUT2D eigenvalue weighted by molar-refractivity contribution is 7.71. The van der Waals surface area contributed by atoms with Crippen LogP contribution in [0.3, 0.4) is 0 Å². The summed E-state index contributed by atoms with van der Waals surface area (Å²) in [7, 11) is 0. The molecule has 3 nitrogen and oxygen atoms in total. The van der Waals surface area contributed by atoms with Gasteiger partial charge in [-0.3, -0.25) is 4.57 Å². The molecule has 0 bridgehead atoms. The second-order valence-electron chi connectivity index (χ2n) is 4.42. The van der Waals surface area contributed by atoms with E-state index in [0.29, 0.717) is 10.7 Å². The molecular weight excluding hydrogens is 244 g/mol. The van der Waals surface area contributed by atoms with Crippen molar-refractivity contribution in [3.05, 3.63) is 46.9 Å². The Hall–Kier alpha value is -1.68. The molecule has 2 aromatic rings. The summed E-state index contributed by atoms with van der Waals surface area (Å²) in [6.45, 7) is 5.98. The Bertz CT molecular complexity index is 587. The van der Waals surface area contributed by atoms with Crippen LogP contribution >= 0.6 is 12.2 Å². The summed E-state index contributed by atoms with van der Waals surface area (Å²) < 4.78 is 7.87. The van der Waals surface area contributed by atoms with E-state index in [1.165, 1.54) is 5.56 Å². The highest BCUT2D eigenvalue weighted by atomic mass is 32.1. The number of nitrogens with zero attached hydrogens (tertiary/aromatic N) is 2. The van der Waals surface area contributed by atoms with Gasteiger partial charge in [-0.25, -0.2) is 0 Å². The fourth-order valence-corrected chi connectivity index (χ4v) is 1.85. The standard InChI is InChI=1S/C14H16N2OS/c1-10(2)17-13-8-9-16(14(18)15-13)12-6-4-11(3)5-7-12/h4-10H,1-3H3. The average Bonchev–Trinajstić information content (AvgIpc) is 2.30. The van der Waals surface area contributed by atoms with Crippen molar-refractivity contribution in [1.29, 1.82) is 0 Å². The molecule has 0 radical (unpaired) electrons. The van der Waals surface area contributed by atoms with E-state index in [1.54, 1.807) is 0 Å². The summed E-state index contributed by atoms with van der Waals surface area (Å²) in [4.78, 5) is 4.27. The van der Waals surface area contributed by atoms with E-state index in [9.17, 15) is 0 Å². The molecule has 1 aromatic heterocycles. The summed E-state index contributed by atoms with van der Waals surface area (Å²) in [6, 6.07) is 9.98. The molecule has 0 amide bonds. The Kier molecular flexibility index (Phi) is 3.77. The topological polar surface area (TPSA) is 27.1 Å². The summed E-state index contributed by atoms with van der Waals surface area (Å²) >= 11 is 5.28. The van der Waals surface area contributed by atoms with E-state index in [-0.39, 0.29) is 6.10 Å². The molecule has 0 aliphatic carbocycles. The molecule has 18 heavy (non-hydrogen) atoms. The first-order valence-electron chi connectivity index (χ1n) is 5.89. The van der Waals surface area contributed by atoms with Crippen LogP contribution in [0.2, 0.25) is 0 Å². The zero-order valence-electron chi connectivity index (χ0n) is 10.8. The average molecular weight is 260 g/mol. The van der Waals surface area contributed by atoms with Gasteiger partial charge in [-0.05, 0) is 45.1 Å². The van der Waals surface area contributed by atoms with Crippen molar-refractivity contribution in [2.75, 3.05) is 0 Å². The number of aromatic nitrogens is 2. The van der Waals surface area contributed by atoms with Gasteiger partial charge in [0.2, 0.25) is 10.7 Å². The molecule has 0 spiro atoms. The van der Waals surface area contributed by atoms with E-state index in [2.05, 4.69) is 24.0 Å². The first-order chi connectivity index (χ1) is 8.56. The van der Waals surface area contributed by atoms with Gasteiger partial charge in [-0.15, -0.1) is 0 Å². The first-order valence-corrected chi connectivity index (χ1v) is 6.30. The van der Waals surface area contributed by atoms with Crippen LogP contribution in [0.5, 0.6) is 5.88 Å². The summed E-state index contributed by atoms with van der Waals surface area (Å²) in [5.41, 5.74) is 2.23. The second-order valence-corrected chi connectivity index (χ2v) is 4.79. The van der Waals surface area contributed by atoms with Crippen molar-refractivity contribution < 1.29 is 4.74 Å². The van der Waals surface area contributed by atoms with E-state index in [1.807, 2.05) is 42.8 Å². The number of aryl methyl sites for hydroxylation is 1.